The van der Waals surface area contributed by atoms with Gasteiger partial charge >= 0.3 is 6.18 Å². The minimum absolute atomic E-state index is 0.218. The highest BCUT2D eigenvalue weighted by Gasteiger charge is 2.26. The average Bonchev–Trinajstić information content (AvgIpc) is 2.29. The zero-order chi connectivity index (χ0) is 14.5. The quantitative estimate of drug-likeness (QED) is 0.462. The number of rotatable bonds is 4. The van der Waals surface area contributed by atoms with E-state index in [1.54, 1.807) is 6.92 Å². The second-order valence-corrected chi connectivity index (χ2v) is 3.60. The van der Waals surface area contributed by atoms with E-state index in [0.29, 0.717) is 6.42 Å². The van der Waals surface area contributed by atoms with E-state index in [2.05, 4.69) is 9.98 Å². The van der Waals surface area contributed by atoms with Crippen molar-refractivity contribution in [1.82, 2.24) is 4.98 Å². The predicted molar refractivity (Wildman–Crippen MR) is 61.6 cm³/mol. The SMILES string of the molecule is CCC=N/C(=C\CC(F)(F)F)c1ccc(F)nc1F. The predicted octanol–water partition coefficient (Wildman–Crippen LogP) is 4.13. The lowest BCUT2D eigenvalue weighted by molar-refractivity contribution is -0.124. The molecule has 0 unspecified atom stereocenters. The fourth-order valence-electron chi connectivity index (χ4n) is 1.24. The Morgan fingerprint density at radius 2 is 2.00 bits per heavy atom. The molecule has 1 rings (SSSR count). The number of nitrogens with zero attached hydrogens (tertiary/aromatic N) is 2. The number of halogens is 5. The summed E-state index contributed by atoms with van der Waals surface area (Å²) in [4.78, 5) is 6.66. The Morgan fingerprint density at radius 1 is 1.32 bits per heavy atom. The number of pyridine rings is 1. The Hall–Kier alpha value is -1.79. The van der Waals surface area contributed by atoms with Crippen LogP contribution < -0.4 is 0 Å². The van der Waals surface area contributed by atoms with Crippen molar-refractivity contribution >= 4 is 11.9 Å². The van der Waals surface area contributed by atoms with Crippen LogP contribution in [-0.2, 0) is 0 Å². The van der Waals surface area contributed by atoms with Crippen molar-refractivity contribution in [2.24, 2.45) is 4.99 Å². The van der Waals surface area contributed by atoms with Crippen LogP contribution in [0.1, 0.15) is 25.3 Å². The lowest BCUT2D eigenvalue weighted by Crippen LogP contribution is -2.05. The first kappa shape index (κ1) is 15.3. The van der Waals surface area contributed by atoms with Gasteiger partial charge in [-0.3, -0.25) is 4.99 Å². The Kier molecular flexibility index (Phi) is 5.14. The monoisotopic (exact) mass is 278 g/mol. The highest BCUT2D eigenvalue weighted by atomic mass is 19.4. The average molecular weight is 278 g/mol. The summed E-state index contributed by atoms with van der Waals surface area (Å²) in [5.74, 6) is -2.24. The zero-order valence-corrected chi connectivity index (χ0v) is 10.0. The Labute approximate surface area is 106 Å². The molecule has 1 aromatic rings. The molecule has 1 aromatic heterocycles. The van der Waals surface area contributed by atoms with Crippen molar-refractivity contribution in [2.75, 3.05) is 0 Å². The van der Waals surface area contributed by atoms with E-state index in [1.165, 1.54) is 6.21 Å². The molecule has 2 nitrogen and oxygen atoms in total. The molecule has 0 atom stereocenters. The third-order valence-corrected chi connectivity index (χ3v) is 2.03. The Balaban J connectivity index is 3.13. The Bertz CT molecular complexity index is 491. The van der Waals surface area contributed by atoms with Crippen molar-refractivity contribution in [2.45, 2.75) is 25.9 Å². The van der Waals surface area contributed by atoms with Crippen molar-refractivity contribution < 1.29 is 22.0 Å². The molecule has 104 valence electrons. The number of hydrogen-bond acceptors (Lipinski definition) is 2. The van der Waals surface area contributed by atoms with Gasteiger partial charge < -0.3 is 0 Å². The fraction of sp³-hybridized carbons (Fsp3) is 0.333. The van der Waals surface area contributed by atoms with Gasteiger partial charge in [-0.1, -0.05) is 6.92 Å². The van der Waals surface area contributed by atoms with Gasteiger partial charge in [-0.05, 0) is 24.6 Å². The van der Waals surface area contributed by atoms with E-state index < -0.39 is 24.5 Å². The number of aromatic nitrogens is 1. The van der Waals surface area contributed by atoms with Crippen LogP contribution in [0, 0.1) is 11.9 Å². The summed E-state index contributed by atoms with van der Waals surface area (Å²) in [6, 6.07) is 1.87. The van der Waals surface area contributed by atoms with E-state index in [4.69, 9.17) is 0 Å². The standard InChI is InChI=1S/C12H11F5N2/c1-2-7-18-9(5-6-12(15,16)17)8-3-4-10(13)19-11(8)14/h3-5,7H,2,6H2,1H3/b9-5-,18-7?. The van der Waals surface area contributed by atoms with Crippen LogP contribution in [-0.4, -0.2) is 17.4 Å². The van der Waals surface area contributed by atoms with Crippen molar-refractivity contribution in [3.63, 3.8) is 0 Å². The van der Waals surface area contributed by atoms with Gasteiger partial charge in [-0.2, -0.15) is 26.9 Å². The number of allylic oxidation sites excluding steroid dienone is 1. The maximum atomic E-state index is 13.4. The summed E-state index contributed by atoms with van der Waals surface area (Å²) in [5.41, 5.74) is -0.487. The van der Waals surface area contributed by atoms with Gasteiger partial charge in [0.25, 0.3) is 0 Å². The van der Waals surface area contributed by atoms with E-state index in [1.807, 2.05) is 0 Å². The van der Waals surface area contributed by atoms with Gasteiger partial charge in [-0.15, -0.1) is 0 Å². The van der Waals surface area contributed by atoms with Crippen LogP contribution in [0.5, 0.6) is 0 Å². The molecule has 0 fully saturated rings. The maximum absolute atomic E-state index is 13.4. The lowest BCUT2D eigenvalue weighted by atomic mass is 10.2. The van der Waals surface area contributed by atoms with Gasteiger partial charge in [0.05, 0.1) is 17.7 Å². The van der Waals surface area contributed by atoms with Crippen LogP contribution in [0.25, 0.3) is 5.70 Å². The van der Waals surface area contributed by atoms with Crippen LogP contribution in [0.4, 0.5) is 22.0 Å². The van der Waals surface area contributed by atoms with Gasteiger partial charge in [-0.25, -0.2) is 0 Å². The summed E-state index contributed by atoms with van der Waals surface area (Å²) in [7, 11) is 0. The fourth-order valence-corrected chi connectivity index (χ4v) is 1.24. The molecular weight excluding hydrogens is 267 g/mol. The van der Waals surface area contributed by atoms with Crippen LogP contribution in [0.3, 0.4) is 0 Å². The first-order chi connectivity index (χ1) is 8.83. The number of aliphatic imine (C=N–C) groups is 1. The van der Waals surface area contributed by atoms with Gasteiger partial charge in [0.2, 0.25) is 11.9 Å². The molecule has 0 bridgehead atoms. The van der Waals surface area contributed by atoms with Crippen molar-refractivity contribution in [3.8, 4) is 0 Å². The highest BCUT2D eigenvalue weighted by Crippen LogP contribution is 2.25. The molecule has 7 heteroatoms. The second-order valence-electron chi connectivity index (χ2n) is 3.60. The molecule has 0 aliphatic heterocycles. The van der Waals surface area contributed by atoms with Gasteiger partial charge in [0, 0.05) is 6.21 Å². The normalized spacial score (nSPS) is 13.3. The summed E-state index contributed by atoms with van der Waals surface area (Å²) in [6.07, 6.45) is -3.12. The van der Waals surface area contributed by atoms with Crippen LogP contribution >= 0.6 is 0 Å². The molecule has 19 heavy (non-hydrogen) atoms. The highest BCUT2D eigenvalue weighted by molar-refractivity contribution is 5.73. The third kappa shape index (κ3) is 5.15. The van der Waals surface area contributed by atoms with E-state index in [0.717, 1.165) is 18.2 Å². The molecule has 0 radical (unpaired) electrons. The minimum Gasteiger partial charge on any atom is -0.261 e. The Morgan fingerprint density at radius 3 is 2.53 bits per heavy atom. The third-order valence-electron chi connectivity index (χ3n) is 2.03. The van der Waals surface area contributed by atoms with E-state index in [-0.39, 0.29) is 11.3 Å². The summed E-state index contributed by atoms with van der Waals surface area (Å²) in [5, 5.41) is 0. The summed E-state index contributed by atoms with van der Waals surface area (Å²) < 4.78 is 62.5. The molecule has 0 saturated heterocycles. The molecule has 0 N–H and O–H groups in total. The molecule has 0 spiro atoms. The van der Waals surface area contributed by atoms with Gasteiger partial charge in [0.15, 0.2) is 0 Å². The first-order valence-corrected chi connectivity index (χ1v) is 5.45. The zero-order valence-electron chi connectivity index (χ0n) is 10.0. The molecule has 0 aliphatic rings. The summed E-state index contributed by atoms with van der Waals surface area (Å²) >= 11 is 0. The van der Waals surface area contributed by atoms with Crippen LogP contribution in [0.15, 0.2) is 23.2 Å². The smallest absolute Gasteiger partial charge is 0.261 e. The molecule has 0 saturated carbocycles. The first-order valence-electron chi connectivity index (χ1n) is 5.45. The number of alkyl halides is 3. The van der Waals surface area contributed by atoms with Crippen LogP contribution in [0.2, 0.25) is 0 Å². The summed E-state index contributed by atoms with van der Waals surface area (Å²) in [6.45, 7) is 1.73. The minimum atomic E-state index is -4.42. The number of hydrogen-bond donors (Lipinski definition) is 0. The molecule has 1 heterocycles. The van der Waals surface area contributed by atoms with E-state index >= 15 is 0 Å². The molecular formula is C12H11F5N2. The molecule has 0 aromatic carbocycles. The lowest BCUT2D eigenvalue weighted by Gasteiger charge is -2.06. The maximum Gasteiger partial charge on any atom is 0.392 e. The molecule has 0 amide bonds. The largest absolute Gasteiger partial charge is 0.392 e. The van der Waals surface area contributed by atoms with Crippen molar-refractivity contribution in [3.05, 3.63) is 35.7 Å². The second kappa shape index (κ2) is 6.40. The van der Waals surface area contributed by atoms with Gasteiger partial charge in [0.1, 0.15) is 0 Å². The van der Waals surface area contributed by atoms with E-state index in [9.17, 15) is 22.0 Å². The topological polar surface area (TPSA) is 25.2 Å². The molecule has 0 aliphatic carbocycles. The van der Waals surface area contributed by atoms with Crippen molar-refractivity contribution in [1.29, 1.82) is 0 Å².